The minimum Gasteiger partial charge on any atom is -0.494 e. The number of nitrogens with zero attached hydrogens (tertiary/aromatic N) is 2. The lowest BCUT2D eigenvalue weighted by Crippen LogP contribution is -2.39. The van der Waals surface area contributed by atoms with Crippen LogP contribution < -0.4 is 4.74 Å². The minimum absolute atomic E-state index is 0.00750. The summed E-state index contributed by atoms with van der Waals surface area (Å²) in [5, 5.41) is 8.99. The number of benzene rings is 1. The van der Waals surface area contributed by atoms with Gasteiger partial charge in [0, 0.05) is 18.7 Å². The van der Waals surface area contributed by atoms with E-state index in [2.05, 4.69) is 6.07 Å². The summed E-state index contributed by atoms with van der Waals surface area (Å²) in [5.74, 6) is 0.686. The molecule has 1 amide bonds. The predicted molar refractivity (Wildman–Crippen MR) is 76.5 cm³/mol. The fourth-order valence-corrected chi connectivity index (χ4v) is 2.39. The quantitative estimate of drug-likeness (QED) is 0.847. The second-order valence-electron chi connectivity index (χ2n) is 5.10. The Balaban J connectivity index is 2.06. The number of carbonyl (C=O) groups is 1. The van der Waals surface area contributed by atoms with Gasteiger partial charge in [0.2, 0.25) is 0 Å². The smallest absolute Gasteiger partial charge is 0.254 e. The SMILES string of the molecule is CCCOc1cccc(C(=O)N2CCCC(C#N)C2)c1. The van der Waals surface area contributed by atoms with Gasteiger partial charge < -0.3 is 9.64 Å². The number of nitriles is 1. The summed E-state index contributed by atoms with van der Waals surface area (Å²) in [5.41, 5.74) is 0.636. The highest BCUT2D eigenvalue weighted by Gasteiger charge is 2.24. The van der Waals surface area contributed by atoms with Gasteiger partial charge in [0.1, 0.15) is 5.75 Å². The van der Waals surface area contributed by atoms with Crippen molar-refractivity contribution in [3.63, 3.8) is 0 Å². The molecule has 0 aromatic heterocycles. The minimum atomic E-state index is -0.0350. The van der Waals surface area contributed by atoms with Crippen molar-refractivity contribution in [2.45, 2.75) is 26.2 Å². The van der Waals surface area contributed by atoms with Crippen LogP contribution in [0.2, 0.25) is 0 Å². The molecule has 1 fully saturated rings. The molecule has 0 aliphatic carbocycles. The van der Waals surface area contributed by atoms with Crippen LogP contribution in [-0.4, -0.2) is 30.5 Å². The Hall–Kier alpha value is -2.02. The largest absolute Gasteiger partial charge is 0.494 e. The third-order valence-corrected chi connectivity index (χ3v) is 3.45. The van der Waals surface area contributed by atoms with Gasteiger partial charge in [-0.15, -0.1) is 0 Å². The summed E-state index contributed by atoms with van der Waals surface area (Å²) in [6.45, 7) is 3.97. The molecule has 1 heterocycles. The molecule has 1 unspecified atom stereocenters. The zero-order valence-corrected chi connectivity index (χ0v) is 11.8. The molecule has 0 saturated carbocycles. The van der Waals surface area contributed by atoms with Crippen molar-refractivity contribution in [2.24, 2.45) is 5.92 Å². The molecule has 1 aromatic carbocycles. The zero-order chi connectivity index (χ0) is 14.4. The van der Waals surface area contributed by atoms with Crippen LogP contribution in [0.5, 0.6) is 5.75 Å². The van der Waals surface area contributed by atoms with Crippen LogP contribution in [0, 0.1) is 17.2 Å². The highest BCUT2D eigenvalue weighted by molar-refractivity contribution is 5.94. The Morgan fingerprint density at radius 3 is 3.15 bits per heavy atom. The number of likely N-dealkylation sites (tertiary alicyclic amines) is 1. The van der Waals surface area contributed by atoms with Crippen LogP contribution in [-0.2, 0) is 0 Å². The fourth-order valence-electron chi connectivity index (χ4n) is 2.39. The average molecular weight is 272 g/mol. The number of ether oxygens (including phenoxy) is 1. The van der Waals surface area contributed by atoms with Gasteiger partial charge in [0.25, 0.3) is 5.91 Å². The first-order chi connectivity index (χ1) is 9.74. The highest BCUT2D eigenvalue weighted by Crippen LogP contribution is 2.20. The topological polar surface area (TPSA) is 53.3 Å². The van der Waals surface area contributed by atoms with E-state index in [4.69, 9.17) is 10.00 Å². The average Bonchev–Trinajstić information content (AvgIpc) is 2.52. The summed E-state index contributed by atoms with van der Waals surface area (Å²) in [4.78, 5) is 14.2. The van der Waals surface area contributed by atoms with Gasteiger partial charge in [-0.3, -0.25) is 4.79 Å². The van der Waals surface area contributed by atoms with Crippen molar-refractivity contribution in [3.05, 3.63) is 29.8 Å². The van der Waals surface area contributed by atoms with Gasteiger partial charge in [-0.25, -0.2) is 0 Å². The maximum absolute atomic E-state index is 12.4. The predicted octanol–water partition coefficient (Wildman–Crippen LogP) is 2.85. The molecular weight excluding hydrogens is 252 g/mol. The third-order valence-electron chi connectivity index (χ3n) is 3.45. The van der Waals surface area contributed by atoms with Crippen molar-refractivity contribution >= 4 is 5.91 Å². The first-order valence-corrected chi connectivity index (χ1v) is 7.16. The molecular formula is C16H20N2O2. The molecule has 0 spiro atoms. The van der Waals surface area contributed by atoms with Gasteiger partial charge in [0.15, 0.2) is 0 Å². The summed E-state index contributed by atoms with van der Waals surface area (Å²) in [7, 11) is 0. The van der Waals surface area contributed by atoms with E-state index < -0.39 is 0 Å². The number of rotatable bonds is 4. The Bertz CT molecular complexity index is 507. The van der Waals surface area contributed by atoms with Crippen molar-refractivity contribution in [1.82, 2.24) is 4.90 Å². The van der Waals surface area contributed by atoms with E-state index >= 15 is 0 Å². The molecule has 0 bridgehead atoms. The lowest BCUT2D eigenvalue weighted by molar-refractivity contribution is 0.0698. The summed E-state index contributed by atoms with van der Waals surface area (Å²) < 4.78 is 5.55. The van der Waals surface area contributed by atoms with E-state index in [1.54, 1.807) is 17.0 Å². The monoisotopic (exact) mass is 272 g/mol. The van der Waals surface area contributed by atoms with Crippen molar-refractivity contribution < 1.29 is 9.53 Å². The van der Waals surface area contributed by atoms with E-state index in [0.717, 1.165) is 31.6 Å². The molecule has 0 radical (unpaired) electrons. The fraction of sp³-hybridized carbons (Fsp3) is 0.500. The Kier molecular flexibility index (Phi) is 5.00. The molecule has 1 aliphatic heterocycles. The standard InChI is InChI=1S/C16H20N2O2/c1-2-9-20-15-7-3-6-14(10-15)16(19)18-8-4-5-13(11-17)12-18/h3,6-7,10,13H,2,4-5,8-9,12H2,1H3. The number of hydrogen-bond acceptors (Lipinski definition) is 3. The Labute approximate surface area is 120 Å². The van der Waals surface area contributed by atoms with Gasteiger partial charge in [-0.1, -0.05) is 13.0 Å². The van der Waals surface area contributed by atoms with Crippen LogP contribution in [0.25, 0.3) is 0 Å². The van der Waals surface area contributed by atoms with Crippen molar-refractivity contribution in [2.75, 3.05) is 19.7 Å². The van der Waals surface area contributed by atoms with Gasteiger partial charge >= 0.3 is 0 Å². The molecule has 20 heavy (non-hydrogen) atoms. The van der Waals surface area contributed by atoms with Crippen LogP contribution in [0.4, 0.5) is 0 Å². The highest BCUT2D eigenvalue weighted by atomic mass is 16.5. The molecule has 0 N–H and O–H groups in total. The van der Waals surface area contributed by atoms with Crippen LogP contribution in [0.1, 0.15) is 36.5 Å². The van der Waals surface area contributed by atoms with E-state index in [9.17, 15) is 4.79 Å². The second kappa shape index (κ2) is 6.95. The summed E-state index contributed by atoms with van der Waals surface area (Å²) in [6.07, 6.45) is 2.73. The van der Waals surface area contributed by atoms with E-state index in [1.165, 1.54) is 0 Å². The Morgan fingerprint density at radius 1 is 1.55 bits per heavy atom. The lowest BCUT2D eigenvalue weighted by Gasteiger charge is -2.29. The van der Waals surface area contributed by atoms with Crippen LogP contribution in [0.15, 0.2) is 24.3 Å². The maximum Gasteiger partial charge on any atom is 0.254 e. The summed E-state index contributed by atoms with van der Waals surface area (Å²) in [6, 6.07) is 9.55. The Morgan fingerprint density at radius 2 is 2.40 bits per heavy atom. The van der Waals surface area contributed by atoms with Crippen LogP contribution in [0.3, 0.4) is 0 Å². The number of carbonyl (C=O) groups excluding carboxylic acids is 1. The maximum atomic E-state index is 12.4. The molecule has 1 saturated heterocycles. The molecule has 1 atom stereocenters. The van der Waals surface area contributed by atoms with Crippen molar-refractivity contribution in [1.29, 1.82) is 5.26 Å². The van der Waals surface area contributed by atoms with Gasteiger partial charge in [0.05, 0.1) is 18.6 Å². The van der Waals surface area contributed by atoms with Gasteiger partial charge in [-0.05, 0) is 37.5 Å². The van der Waals surface area contributed by atoms with Gasteiger partial charge in [-0.2, -0.15) is 5.26 Å². The number of amides is 1. The molecule has 4 nitrogen and oxygen atoms in total. The van der Waals surface area contributed by atoms with E-state index in [-0.39, 0.29) is 11.8 Å². The molecule has 1 aromatic rings. The lowest BCUT2D eigenvalue weighted by atomic mass is 9.99. The van der Waals surface area contributed by atoms with Crippen molar-refractivity contribution in [3.8, 4) is 11.8 Å². The molecule has 1 aliphatic rings. The molecule has 2 rings (SSSR count). The van der Waals surface area contributed by atoms with E-state index in [1.807, 2.05) is 19.1 Å². The first-order valence-electron chi connectivity index (χ1n) is 7.16. The summed E-state index contributed by atoms with van der Waals surface area (Å²) >= 11 is 0. The van der Waals surface area contributed by atoms with E-state index in [0.29, 0.717) is 18.7 Å². The number of hydrogen-bond donors (Lipinski definition) is 0. The second-order valence-corrected chi connectivity index (χ2v) is 5.10. The van der Waals surface area contributed by atoms with Crippen LogP contribution >= 0.6 is 0 Å². The zero-order valence-electron chi connectivity index (χ0n) is 11.8. The normalized spacial score (nSPS) is 18.4. The first kappa shape index (κ1) is 14.4. The number of piperidine rings is 1. The third kappa shape index (κ3) is 3.51. The molecule has 4 heteroatoms. The molecule has 106 valence electrons.